The van der Waals surface area contributed by atoms with Crippen molar-refractivity contribution in [1.82, 2.24) is 0 Å². The molecule has 1 atom stereocenters. The predicted octanol–water partition coefficient (Wildman–Crippen LogP) is 5.09. The normalized spacial score (nSPS) is 24.7. The molecule has 3 rings (SSSR count). The van der Waals surface area contributed by atoms with E-state index in [9.17, 15) is 5.11 Å². The van der Waals surface area contributed by atoms with E-state index in [1.54, 1.807) is 0 Å². The summed E-state index contributed by atoms with van der Waals surface area (Å²) in [4.78, 5) is 0. The number of hydrogen-bond donors (Lipinski definition) is 1. The molecular weight excluding hydrogens is 244 g/mol. The van der Waals surface area contributed by atoms with Gasteiger partial charge >= 0.3 is 0 Å². The number of fused-ring (bicyclic) bond motifs is 1. The summed E-state index contributed by atoms with van der Waals surface area (Å²) < 4.78 is 0. The van der Waals surface area contributed by atoms with E-state index in [0.717, 1.165) is 11.5 Å². The van der Waals surface area contributed by atoms with Gasteiger partial charge in [0.05, 0.1) is 6.10 Å². The molecule has 0 amide bonds. The van der Waals surface area contributed by atoms with E-state index in [4.69, 9.17) is 0 Å². The number of aliphatic hydroxyl groups is 1. The first-order valence-electron chi connectivity index (χ1n) is 7.94. The van der Waals surface area contributed by atoms with Gasteiger partial charge in [-0.1, -0.05) is 62.6 Å². The van der Waals surface area contributed by atoms with Gasteiger partial charge in [-0.2, -0.15) is 0 Å². The standard InChI is InChI=1S/C19H24O/c1-2-14-7-9-16(10-8-14)19(20)18-12-11-15-5-3-4-6-17(15)13-18/h3-6,11-14,16,19-20H,2,7-10H2,1H3. The minimum absolute atomic E-state index is 0.294. The number of rotatable bonds is 3. The van der Waals surface area contributed by atoms with E-state index in [1.165, 1.54) is 42.9 Å². The molecule has 0 bridgehead atoms. The molecule has 106 valence electrons. The van der Waals surface area contributed by atoms with Crippen LogP contribution in [0.15, 0.2) is 42.5 Å². The third-order valence-corrected chi connectivity index (χ3v) is 5.03. The lowest BCUT2D eigenvalue weighted by Crippen LogP contribution is -2.20. The fraction of sp³-hybridized carbons (Fsp3) is 0.474. The lowest BCUT2D eigenvalue weighted by Gasteiger charge is -2.31. The molecule has 0 spiro atoms. The molecule has 1 saturated carbocycles. The van der Waals surface area contributed by atoms with Gasteiger partial charge in [0, 0.05) is 0 Å². The van der Waals surface area contributed by atoms with E-state index in [2.05, 4.69) is 49.4 Å². The molecule has 20 heavy (non-hydrogen) atoms. The van der Waals surface area contributed by atoms with E-state index in [0.29, 0.717) is 5.92 Å². The molecule has 1 nitrogen and oxygen atoms in total. The first kappa shape index (κ1) is 13.6. The van der Waals surface area contributed by atoms with Crippen molar-refractivity contribution in [3.05, 3.63) is 48.0 Å². The highest BCUT2D eigenvalue weighted by molar-refractivity contribution is 5.83. The number of hydrogen-bond acceptors (Lipinski definition) is 1. The highest BCUT2D eigenvalue weighted by atomic mass is 16.3. The molecule has 1 N–H and O–H groups in total. The Kier molecular flexibility index (Phi) is 4.07. The van der Waals surface area contributed by atoms with Crippen LogP contribution in [0.25, 0.3) is 10.8 Å². The van der Waals surface area contributed by atoms with Gasteiger partial charge in [-0.15, -0.1) is 0 Å². The minimum Gasteiger partial charge on any atom is -0.388 e. The summed E-state index contributed by atoms with van der Waals surface area (Å²) in [6.45, 7) is 2.28. The Morgan fingerprint density at radius 1 is 1.00 bits per heavy atom. The summed E-state index contributed by atoms with van der Waals surface area (Å²) in [6, 6.07) is 14.8. The summed E-state index contributed by atoms with van der Waals surface area (Å²) in [6.07, 6.45) is 5.91. The molecule has 1 aliphatic carbocycles. The van der Waals surface area contributed by atoms with Crippen molar-refractivity contribution in [3.63, 3.8) is 0 Å². The van der Waals surface area contributed by atoms with Crippen molar-refractivity contribution in [2.45, 2.75) is 45.1 Å². The second-order valence-electron chi connectivity index (χ2n) is 6.24. The Morgan fingerprint density at radius 2 is 1.70 bits per heavy atom. The lowest BCUT2D eigenvalue weighted by atomic mass is 9.77. The molecule has 1 unspecified atom stereocenters. The maximum absolute atomic E-state index is 10.7. The quantitative estimate of drug-likeness (QED) is 0.822. The largest absolute Gasteiger partial charge is 0.388 e. The highest BCUT2D eigenvalue weighted by Crippen LogP contribution is 2.38. The van der Waals surface area contributed by atoms with Crippen LogP contribution in [0.5, 0.6) is 0 Å². The predicted molar refractivity (Wildman–Crippen MR) is 84.6 cm³/mol. The Labute approximate surface area is 121 Å². The SMILES string of the molecule is CCC1CCC(C(O)c2ccc3ccccc3c2)CC1. The van der Waals surface area contributed by atoms with Crippen LogP contribution in [-0.2, 0) is 0 Å². The van der Waals surface area contributed by atoms with Gasteiger partial charge in [-0.3, -0.25) is 0 Å². The fourth-order valence-electron chi connectivity index (χ4n) is 3.58. The van der Waals surface area contributed by atoms with Crippen LogP contribution in [0, 0.1) is 11.8 Å². The van der Waals surface area contributed by atoms with Gasteiger partial charge < -0.3 is 5.11 Å². The molecule has 2 aromatic rings. The monoisotopic (exact) mass is 268 g/mol. The summed E-state index contributed by atoms with van der Waals surface area (Å²) in [5.74, 6) is 1.33. The maximum Gasteiger partial charge on any atom is 0.0818 e. The fourth-order valence-corrected chi connectivity index (χ4v) is 3.58. The lowest BCUT2D eigenvalue weighted by molar-refractivity contribution is 0.0730. The average molecular weight is 268 g/mol. The summed E-state index contributed by atoms with van der Waals surface area (Å²) in [7, 11) is 0. The Morgan fingerprint density at radius 3 is 2.40 bits per heavy atom. The first-order valence-corrected chi connectivity index (χ1v) is 7.94. The summed E-state index contributed by atoms with van der Waals surface area (Å²) in [5.41, 5.74) is 1.09. The van der Waals surface area contributed by atoms with Crippen LogP contribution in [0.1, 0.15) is 50.7 Å². The van der Waals surface area contributed by atoms with Crippen molar-refractivity contribution in [3.8, 4) is 0 Å². The zero-order valence-electron chi connectivity index (χ0n) is 12.3. The van der Waals surface area contributed by atoms with Gasteiger partial charge in [0.15, 0.2) is 0 Å². The van der Waals surface area contributed by atoms with Crippen LogP contribution < -0.4 is 0 Å². The van der Waals surface area contributed by atoms with Gasteiger partial charge in [-0.25, -0.2) is 0 Å². The molecule has 1 fully saturated rings. The van der Waals surface area contributed by atoms with Crippen molar-refractivity contribution < 1.29 is 5.11 Å². The van der Waals surface area contributed by atoms with Gasteiger partial charge in [0.2, 0.25) is 0 Å². The highest BCUT2D eigenvalue weighted by Gasteiger charge is 2.26. The van der Waals surface area contributed by atoms with Crippen molar-refractivity contribution in [2.24, 2.45) is 11.8 Å². The minimum atomic E-state index is -0.294. The Bertz CT molecular complexity index is 567. The maximum atomic E-state index is 10.7. The van der Waals surface area contributed by atoms with Gasteiger partial charge in [0.1, 0.15) is 0 Å². The third kappa shape index (κ3) is 2.73. The zero-order chi connectivity index (χ0) is 13.9. The van der Waals surface area contributed by atoms with Crippen LogP contribution in [0.2, 0.25) is 0 Å². The Hall–Kier alpha value is -1.34. The Balaban J connectivity index is 1.77. The molecule has 0 aromatic heterocycles. The van der Waals surface area contributed by atoms with Crippen molar-refractivity contribution in [1.29, 1.82) is 0 Å². The molecule has 0 aliphatic heterocycles. The van der Waals surface area contributed by atoms with Crippen LogP contribution >= 0.6 is 0 Å². The molecular formula is C19H24O. The number of aliphatic hydroxyl groups excluding tert-OH is 1. The van der Waals surface area contributed by atoms with Crippen molar-refractivity contribution >= 4 is 10.8 Å². The first-order chi connectivity index (χ1) is 9.78. The van der Waals surface area contributed by atoms with E-state index in [1.807, 2.05) is 0 Å². The summed E-state index contributed by atoms with van der Waals surface area (Å²) >= 11 is 0. The second kappa shape index (κ2) is 5.97. The molecule has 0 heterocycles. The van der Waals surface area contributed by atoms with Crippen LogP contribution in [0.3, 0.4) is 0 Å². The third-order valence-electron chi connectivity index (χ3n) is 5.03. The second-order valence-corrected chi connectivity index (χ2v) is 6.24. The average Bonchev–Trinajstić information content (AvgIpc) is 2.54. The van der Waals surface area contributed by atoms with Gasteiger partial charge in [-0.05, 0) is 47.1 Å². The molecule has 0 saturated heterocycles. The molecule has 2 aromatic carbocycles. The molecule has 1 heteroatoms. The zero-order valence-corrected chi connectivity index (χ0v) is 12.3. The molecule has 1 aliphatic rings. The molecule has 0 radical (unpaired) electrons. The van der Waals surface area contributed by atoms with Crippen LogP contribution in [0.4, 0.5) is 0 Å². The van der Waals surface area contributed by atoms with E-state index >= 15 is 0 Å². The smallest absolute Gasteiger partial charge is 0.0818 e. The van der Waals surface area contributed by atoms with Crippen molar-refractivity contribution in [2.75, 3.05) is 0 Å². The topological polar surface area (TPSA) is 20.2 Å². The number of benzene rings is 2. The van der Waals surface area contributed by atoms with Crippen LogP contribution in [-0.4, -0.2) is 5.11 Å². The summed E-state index contributed by atoms with van der Waals surface area (Å²) in [5, 5.41) is 13.1. The van der Waals surface area contributed by atoms with E-state index < -0.39 is 0 Å². The van der Waals surface area contributed by atoms with Gasteiger partial charge in [0.25, 0.3) is 0 Å². The van der Waals surface area contributed by atoms with E-state index in [-0.39, 0.29) is 6.10 Å².